The van der Waals surface area contributed by atoms with Gasteiger partial charge in [0.15, 0.2) is 6.29 Å². The maximum absolute atomic E-state index is 10.9. The molecule has 0 amide bonds. The van der Waals surface area contributed by atoms with Gasteiger partial charge in [0.05, 0.1) is 0 Å². The van der Waals surface area contributed by atoms with E-state index in [2.05, 4.69) is 34.7 Å². The molecule has 6 nitrogen and oxygen atoms in total. The van der Waals surface area contributed by atoms with Crippen molar-refractivity contribution in [2.45, 2.75) is 24.6 Å². The van der Waals surface area contributed by atoms with E-state index >= 15 is 0 Å². The highest BCUT2D eigenvalue weighted by atomic mass is 79.9. The lowest BCUT2D eigenvalue weighted by molar-refractivity contribution is -0.557. The average molecular weight is 359 g/mol. The SMILES string of the molecule is CCN(CC)c1ccc(C2OCC(Br)([N+](=O)[O-])CO2)cc1. The van der Waals surface area contributed by atoms with Crippen molar-refractivity contribution in [2.24, 2.45) is 0 Å². The number of nitrogens with zero attached hydrogens (tertiary/aromatic N) is 2. The largest absolute Gasteiger partial charge is 0.372 e. The maximum atomic E-state index is 10.9. The van der Waals surface area contributed by atoms with Crippen LogP contribution in [0.4, 0.5) is 5.69 Å². The summed E-state index contributed by atoms with van der Waals surface area (Å²) in [6.07, 6.45) is -0.554. The normalized spacial score (nSPS) is 25.6. The summed E-state index contributed by atoms with van der Waals surface area (Å²) in [7, 11) is 0. The number of hydrogen-bond acceptors (Lipinski definition) is 5. The zero-order valence-electron chi connectivity index (χ0n) is 12.1. The first-order valence-electron chi connectivity index (χ1n) is 6.91. The Labute approximate surface area is 132 Å². The summed E-state index contributed by atoms with van der Waals surface area (Å²) in [6, 6.07) is 7.90. The van der Waals surface area contributed by atoms with Gasteiger partial charge in [-0.25, -0.2) is 0 Å². The lowest BCUT2D eigenvalue weighted by atomic mass is 10.1. The van der Waals surface area contributed by atoms with Crippen molar-refractivity contribution >= 4 is 21.6 Å². The molecule has 1 aliphatic heterocycles. The van der Waals surface area contributed by atoms with Gasteiger partial charge in [0.1, 0.15) is 13.2 Å². The molecule has 2 rings (SSSR count). The molecule has 0 bridgehead atoms. The highest BCUT2D eigenvalue weighted by Gasteiger charge is 2.45. The molecule has 7 heteroatoms. The molecular formula is C14H19BrN2O4. The minimum atomic E-state index is -1.34. The van der Waals surface area contributed by atoms with E-state index < -0.39 is 15.7 Å². The summed E-state index contributed by atoms with van der Waals surface area (Å²) in [5.41, 5.74) is 2.00. The first-order valence-corrected chi connectivity index (χ1v) is 7.71. The van der Waals surface area contributed by atoms with E-state index in [4.69, 9.17) is 9.47 Å². The van der Waals surface area contributed by atoms with E-state index in [9.17, 15) is 10.1 Å². The fourth-order valence-electron chi connectivity index (χ4n) is 2.23. The fraction of sp³-hybridized carbons (Fsp3) is 0.571. The Hall–Kier alpha value is -1.18. The molecule has 1 aromatic rings. The summed E-state index contributed by atoms with van der Waals surface area (Å²) in [5, 5.41) is 10.9. The van der Waals surface area contributed by atoms with E-state index in [-0.39, 0.29) is 13.2 Å². The van der Waals surface area contributed by atoms with E-state index in [1.807, 2.05) is 24.3 Å². The van der Waals surface area contributed by atoms with Gasteiger partial charge in [0, 0.05) is 45.2 Å². The number of rotatable bonds is 5. The molecule has 0 spiro atoms. The van der Waals surface area contributed by atoms with Crippen molar-refractivity contribution in [1.29, 1.82) is 0 Å². The van der Waals surface area contributed by atoms with Crippen LogP contribution in [-0.4, -0.2) is 35.7 Å². The number of halogens is 1. The second kappa shape index (κ2) is 6.72. The van der Waals surface area contributed by atoms with Crippen molar-refractivity contribution in [3.63, 3.8) is 0 Å². The van der Waals surface area contributed by atoms with Crippen LogP contribution in [0.3, 0.4) is 0 Å². The van der Waals surface area contributed by atoms with Gasteiger partial charge in [-0.2, -0.15) is 0 Å². The molecule has 1 aromatic carbocycles. The Morgan fingerprint density at radius 3 is 2.24 bits per heavy atom. The van der Waals surface area contributed by atoms with Crippen LogP contribution in [0.15, 0.2) is 24.3 Å². The predicted octanol–water partition coefficient (Wildman–Crippen LogP) is 2.95. The molecule has 21 heavy (non-hydrogen) atoms. The Balaban J connectivity index is 2.03. The van der Waals surface area contributed by atoms with E-state index in [1.165, 1.54) is 0 Å². The molecule has 0 saturated carbocycles. The summed E-state index contributed by atoms with van der Waals surface area (Å²) < 4.78 is 9.60. The van der Waals surface area contributed by atoms with Crippen LogP contribution in [0.2, 0.25) is 0 Å². The molecule has 0 radical (unpaired) electrons. The van der Waals surface area contributed by atoms with E-state index in [0.717, 1.165) is 24.3 Å². The topological polar surface area (TPSA) is 64.8 Å². The molecule has 1 aliphatic rings. The molecule has 116 valence electrons. The van der Waals surface area contributed by atoms with Gasteiger partial charge in [-0.05, 0) is 26.0 Å². The monoisotopic (exact) mass is 358 g/mol. The van der Waals surface area contributed by atoms with Crippen molar-refractivity contribution in [3.05, 3.63) is 39.9 Å². The van der Waals surface area contributed by atoms with Gasteiger partial charge in [0.2, 0.25) is 0 Å². The number of alkyl halides is 1. The maximum Gasteiger partial charge on any atom is 0.320 e. The van der Waals surface area contributed by atoms with Gasteiger partial charge in [-0.3, -0.25) is 10.1 Å². The highest BCUT2D eigenvalue weighted by molar-refractivity contribution is 9.10. The van der Waals surface area contributed by atoms with Gasteiger partial charge in [-0.15, -0.1) is 0 Å². The molecular weight excluding hydrogens is 340 g/mol. The summed E-state index contributed by atoms with van der Waals surface area (Å²) in [5.74, 6) is 0. The second-order valence-corrected chi connectivity index (χ2v) is 6.37. The molecule has 0 unspecified atom stereocenters. The lowest BCUT2D eigenvalue weighted by Crippen LogP contribution is -2.46. The molecule has 0 aromatic heterocycles. The van der Waals surface area contributed by atoms with E-state index in [1.54, 1.807) is 0 Å². The molecule has 1 saturated heterocycles. The number of ether oxygens (including phenoxy) is 2. The highest BCUT2D eigenvalue weighted by Crippen LogP contribution is 2.32. The third kappa shape index (κ3) is 3.53. The van der Waals surface area contributed by atoms with Crippen molar-refractivity contribution in [3.8, 4) is 0 Å². The first kappa shape index (κ1) is 16.2. The third-order valence-corrected chi connectivity index (χ3v) is 4.28. The summed E-state index contributed by atoms with van der Waals surface area (Å²) in [4.78, 5) is 12.7. The van der Waals surface area contributed by atoms with Crippen molar-refractivity contribution in [1.82, 2.24) is 0 Å². The quantitative estimate of drug-likeness (QED) is 0.350. The molecule has 0 aliphatic carbocycles. The zero-order valence-corrected chi connectivity index (χ0v) is 13.7. The smallest absolute Gasteiger partial charge is 0.320 e. The summed E-state index contributed by atoms with van der Waals surface area (Å²) >= 11 is 3.05. The predicted molar refractivity (Wildman–Crippen MR) is 83.3 cm³/mol. The van der Waals surface area contributed by atoms with Gasteiger partial charge >= 0.3 is 4.45 Å². The fourth-order valence-corrected chi connectivity index (χ4v) is 2.49. The minimum Gasteiger partial charge on any atom is -0.372 e. The van der Waals surface area contributed by atoms with Crippen LogP contribution < -0.4 is 4.90 Å². The first-order chi connectivity index (χ1) is 10.00. The minimum absolute atomic E-state index is 0.0253. The molecule has 0 atom stereocenters. The summed E-state index contributed by atoms with van der Waals surface area (Å²) in [6.45, 7) is 6.06. The van der Waals surface area contributed by atoms with Crippen LogP contribution >= 0.6 is 15.9 Å². The van der Waals surface area contributed by atoms with Crippen LogP contribution in [0.5, 0.6) is 0 Å². The van der Waals surface area contributed by atoms with Crippen LogP contribution in [-0.2, 0) is 9.47 Å². The average Bonchev–Trinajstić information content (AvgIpc) is 2.50. The van der Waals surface area contributed by atoms with Gasteiger partial charge < -0.3 is 14.4 Å². The Morgan fingerprint density at radius 1 is 1.29 bits per heavy atom. The third-order valence-electron chi connectivity index (χ3n) is 3.53. The Morgan fingerprint density at radius 2 is 1.81 bits per heavy atom. The van der Waals surface area contributed by atoms with Crippen LogP contribution in [0.1, 0.15) is 25.7 Å². The van der Waals surface area contributed by atoms with Crippen molar-refractivity contribution < 1.29 is 14.4 Å². The van der Waals surface area contributed by atoms with Crippen LogP contribution in [0.25, 0.3) is 0 Å². The Bertz CT molecular complexity index is 482. The van der Waals surface area contributed by atoms with Gasteiger partial charge in [0.25, 0.3) is 0 Å². The molecule has 0 N–H and O–H groups in total. The standard InChI is InChI=1S/C14H19BrN2O4/c1-3-16(4-2)12-7-5-11(6-8-12)13-20-9-14(15,10-21-13)17(18)19/h5-8,13H,3-4,9-10H2,1-2H3. The number of hydrogen-bond donors (Lipinski definition) is 0. The molecule has 1 heterocycles. The number of benzene rings is 1. The lowest BCUT2D eigenvalue weighted by Gasteiger charge is -2.30. The van der Waals surface area contributed by atoms with Crippen molar-refractivity contribution in [2.75, 3.05) is 31.2 Å². The molecule has 1 fully saturated rings. The van der Waals surface area contributed by atoms with Gasteiger partial charge in [-0.1, -0.05) is 12.1 Å². The second-order valence-electron chi connectivity index (χ2n) is 4.89. The van der Waals surface area contributed by atoms with E-state index in [0.29, 0.717) is 0 Å². The number of anilines is 1. The zero-order chi connectivity index (χ0) is 15.5. The Kier molecular flexibility index (Phi) is 5.18. The number of nitro groups is 1. The van der Waals surface area contributed by atoms with Crippen LogP contribution in [0, 0.1) is 10.1 Å².